The molecule has 0 spiro atoms. The fourth-order valence-corrected chi connectivity index (χ4v) is 3.81. The molecule has 0 amide bonds. The summed E-state index contributed by atoms with van der Waals surface area (Å²) in [6.07, 6.45) is 0. The van der Waals surface area contributed by atoms with E-state index in [1.807, 2.05) is 32.9 Å². The van der Waals surface area contributed by atoms with Crippen molar-refractivity contribution in [2.75, 3.05) is 6.61 Å². The highest BCUT2D eigenvalue weighted by Gasteiger charge is 2.20. The summed E-state index contributed by atoms with van der Waals surface area (Å²) in [5, 5.41) is 0.499. The predicted octanol–water partition coefficient (Wildman–Crippen LogP) is 3.98. The summed E-state index contributed by atoms with van der Waals surface area (Å²) in [4.78, 5) is 13.0. The number of ketones is 1. The second-order valence-corrected chi connectivity index (χ2v) is 6.77. The predicted molar refractivity (Wildman–Crippen MR) is 90.8 cm³/mol. The molecule has 4 heteroatoms. The van der Waals surface area contributed by atoms with E-state index in [1.54, 1.807) is 31.2 Å². The van der Waals surface area contributed by atoms with Crippen LogP contribution < -0.4 is 5.30 Å². The lowest BCUT2D eigenvalue weighted by atomic mass is 9.93. The van der Waals surface area contributed by atoms with Gasteiger partial charge in [0, 0.05) is 16.4 Å². The summed E-state index contributed by atoms with van der Waals surface area (Å²) in [6.45, 7) is 8.03. The molecule has 0 bridgehead atoms. The fraction of sp³-hybridized carbons (Fsp3) is 0.278. The molecule has 0 saturated carbocycles. The molecule has 2 aromatic carbocycles. The third-order valence-corrected chi connectivity index (χ3v) is 5.00. The lowest BCUT2D eigenvalue weighted by Gasteiger charge is -2.13. The lowest BCUT2D eigenvalue weighted by Crippen LogP contribution is -2.16. The number of aryl methyl sites for hydroxylation is 3. The van der Waals surface area contributed by atoms with Crippen molar-refractivity contribution in [2.45, 2.75) is 27.7 Å². The SMILES string of the molecule is CCO[PH](=O)c1ccccc1C(=O)c1c(C)cc(C)cc1C. The normalized spacial score (nSPS) is 12.2. The molecule has 3 nitrogen and oxygen atoms in total. The van der Waals surface area contributed by atoms with E-state index >= 15 is 0 Å². The van der Waals surface area contributed by atoms with Gasteiger partial charge in [0.2, 0.25) is 8.03 Å². The van der Waals surface area contributed by atoms with Gasteiger partial charge in [-0.1, -0.05) is 35.9 Å². The largest absolute Gasteiger partial charge is 0.328 e. The van der Waals surface area contributed by atoms with E-state index in [4.69, 9.17) is 4.52 Å². The van der Waals surface area contributed by atoms with Crippen molar-refractivity contribution in [1.29, 1.82) is 0 Å². The molecule has 2 aromatic rings. The van der Waals surface area contributed by atoms with Crippen LogP contribution in [0.15, 0.2) is 36.4 Å². The van der Waals surface area contributed by atoms with Gasteiger partial charge in [-0.15, -0.1) is 0 Å². The molecule has 0 radical (unpaired) electrons. The van der Waals surface area contributed by atoms with E-state index in [0.29, 0.717) is 23.0 Å². The minimum Gasteiger partial charge on any atom is -0.328 e. The molecule has 1 unspecified atom stereocenters. The Hall–Kier alpha value is -1.70. The molecule has 0 saturated heterocycles. The highest BCUT2D eigenvalue weighted by molar-refractivity contribution is 7.48. The Bertz CT molecular complexity index is 712. The van der Waals surface area contributed by atoms with Crippen molar-refractivity contribution >= 4 is 19.1 Å². The van der Waals surface area contributed by atoms with E-state index in [9.17, 15) is 9.36 Å². The first-order valence-electron chi connectivity index (χ1n) is 7.34. The Morgan fingerprint density at radius 1 is 1.09 bits per heavy atom. The topological polar surface area (TPSA) is 43.4 Å². The minimum atomic E-state index is -2.40. The number of hydrogen-bond acceptors (Lipinski definition) is 3. The molecule has 0 aliphatic heterocycles. The Balaban J connectivity index is 2.54. The third kappa shape index (κ3) is 3.37. The second-order valence-electron chi connectivity index (χ2n) is 5.37. The van der Waals surface area contributed by atoms with E-state index < -0.39 is 8.03 Å². The van der Waals surface area contributed by atoms with Gasteiger partial charge in [0.15, 0.2) is 5.78 Å². The molecule has 1 atom stereocenters. The van der Waals surface area contributed by atoms with E-state index in [1.165, 1.54) is 0 Å². The van der Waals surface area contributed by atoms with Gasteiger partial charge in [-0.05, 0) is 44.9 Å². The van der Waals surface area contributed by atoms with Crippen LogP contribution in [0.1, 0.15) is 39.5 Å². The van der Waals surface area contributed by atoms with Crippen LogP contribution >= 0.6 is 8.03 Å². The maximum Gasteiger partial charge on any atom is 0.221 e. The van der Waals surface area contributed by atoms with Gasteiger partial charge in [0.25, 0.3) is 0 Å². The first kappa shape index (κ1) is 16.7. The van der Waals surface area contributed by atoms with Crippen LogP contribution in [-0.2, 0) is 9.09 Å². The van der Waals surface area contributed by atoms with Crippen LogP contribution in [0, 0.1) is 20.8 Å². The standard InChI is InChI=1S/C18H21O3P/c1-5-21-22(20)16-9-7-6-8-15(16)18(19)17-13(3)10-12(2)11-14(17)4/h6-11,22H,5H2,1-4H3. The lowest BCUT2D eigenvalue weighted by molar-refractivity contribution is 0.103. The first-order valence-corrected chi connectivity index (χ1v) is 8.66. The second kappa shape index (κ2) is 7.04. The number of rotatable bonds is 5. The van der Waals surface area contributed by atoms with Crippen molar-refractivity contribution < 1.29 is 13.9 Å². The summed E-state index contributed by atoms with van der Waals surface area (Å²) in [5.74, 6) is -0.0938. The van der Waals surface area contributed by atoms with E-state index in [2.05, 4.69) is 0 Å². The summed E-state index contributed by atoms with van der Waals surface area (Å²) in [7, 11) is -2.40. The van der Waals surface area contributed by atoms with E-state index in [0.717, 1.165) is 16.7 Å². The summed E-state index contributed by atoms with van der Waals surface area (Å²) in [5.41, 5.74) is 4.16. The van der Waals surface area contributed by atoms with Crippen LogP contribution in [0.25, 0.3) is 0 Å². The molecule has 0 aliphatic carbocycles. The van der Waals surface area contributed by atoms with Crippen LogP contribution in [0.5, 0.6) is 0 Å². The van der Waals surface area contributed by atoms with Crippen molar-refractivity contribution in [1.82, 2.24) is 0 Å². The van der Waals surface area contributed by atoms with Crippen molar-refractivity contribution in [3.05, 3.63) is 64.2 Å². The van der Waals surface area contributed by atoms with E-state index in [-0.39, 0.29) is 5.78 Å². The van der Waals surface area contributed by atoms with Crippen LogP contribution in [0.4, 0.5) is 0 Å². The maximum atomic E-state index is 13.0. The molecule has 0 aromatic heterocycles. The maximum absolute atomic E-state index is 13.0. The van der Waals surface area contributed by atoms with Crippen LogP contribution in [0.3, 0.4) is 0 Å². The van der Waals surface area contributed by atoms with Crippen LogP contribution in [-0.4, -0.2) is 12.4 Å². The summed E-state index contributed by atoms with van der Waals surface area (Å²) < 4.78 is 17.5. The molecule has 0 aliphatic rings. The van der Waals surface area contributed by atoms with Gasteiger partial charge in [0.05, 0.1) is 6.61 Å². The zero-order valence-electron chi connectivity index (χ0n) is 13.4. The average Bonchev–Trinajstić information content (AvgIpc) is 2.46. The molecule has 2 rings (SSSR count). The zero-order chi connectivity index (χ0) is 16.3. The summed E-state index contributed by atoms with van der Waals surface area (Å²) in [6, 6.07) is 11.0. The van der Waals surface area contributed by atoms with Crippen LogP contribution in [0.2, 0.25) is 0 Å². The third-order valence-electron chi connectivity index (χ3n) is 3.57. The molecule has 0 heterocycles. The Kier molecular flexibility index (Phi) is 5.33. The molecule has 0 fully saturated rings. The van der Waals surface area contributed by atoms with Gasteiger partial charge in [0.1, 0.15) is 0 Å². The fourth-order valence-electron chi connectivity index (χ4n) is 2.74. The van der Waals surface area contributed by atoms with Gasteiger partial charge >= 0.3 is 0 Å². The highest BCUT2D eigenvalue weighted by atomic mass is 31.1. The number of carbonyl (C=O) groups excluding carboxylic acids is 1. The number of benzene rings is 2. The molecular formula is C18H21O3P. The first-order chi connectivity index (χ1) is 10.5. The van der Waals surface area contributed by atoms with Gasteiger partial charge in [-0.25, -0.2) is 0 Å². The Labute approximate surface area is 132 Å². The summed E-state index contributed by atoms with van der Waals surface area (Å²) >= 11 is 0. The van der Waals surface area contributed by atoms with Gasteiger partial charge < -0.3 is 4.52 Å². The van der Waals surface area contributed by atoms with Crippen molar-refractivity contribution in [2.24, 2.45) is 0 Å². The monoisotopic (exact) mass is 316 g/mol. The molecule has 116 valence electrons. The highest BCUT2D eigenvalue weighted by Crippen LogP contribution is 2.26. The Morgan fingerprint density at radius 3 is 2.27 bits per heavy atom. The number of hydrogen-bond donors (Lipinski definition) is 0. The van der Waals surface area contributed by atoms with Gasteiger partial charge in [-0.2, -0.15) is 0 Å². The molecule has 0 N–H and O–H groups in total. The zero-order valence-corrected chi connectivity index (χ0v) is 14.4. The number of carbonyl (C=O) groups is 1. The molecule has 22 heavy (non-hydrogen) atoms. The average molecular weight is 316 g/mol. The quantitative estimate of drug-likeness (QED) is 0.619. The smallest absolute Gasteiger partial charge is 0.221 e. The minimum absolute atomic E-state index is 0.0938. The van der Waals surface area contributed by atoms with Crippen molar-refractivity contribution in [3.8, 4) is 0 Å². The molecular weight excluding hydrogens is 295 g/mol. The van der Waals surface area contributed by atoms with Crippen molar-refractivity contribution in [3.63, 3.8) is 0 Å². The Morgan fingerprint density at radius 2 is 1.68 bits per heavy atom. The van der Waals surface area contributed by atoms with Gasteiger partial charge in [-0.3, -0.25) is 9.36 Å².